The van der Waals surface area contributed by atoms with E-state index in [1.807, 2.05) is 0 Å². The van der Waals surface area contributed by atoms with Crippen LogP contribution < -0.4 is 4.74 Å². The molecule has 1 N–H and O–H groups in total. The normalized spacial score (nSPS) is 21.6. The van der Waals surface area contributed by atoms with Crippen LogP contribution in [-0.4, -0.2) is 22.4 Å². The summed E-state index contributed by atoms with van der Waals surface area (Å²) in [5.74, 6) is 2.68. The van der Waals surface area contributed by atoms with Gasteiger partial charge in [0.2, 0.25) is 0 Å². The highest BCUT2D eigenvalue weighted by Gasteiger charge is 2.29. The number of phenolic OH excluding ortho intramolecular Hbond substituents is 1. The van der Waals surface area contributed by atoms with Gasteiger partial charge in [0.15, 0.2) is 17.3 Å². The molecule has 2 aromatic rings. The Kier molecular flexibility index (Phi) is 3.82. The van der Waals surface area contributed by atoms with Crippen molar-refractivity contribution in [3.8, 4) is 23.0 Å². The minimum atomic E-state index is 0.0352. The average Bonchev–Trinajstić information content (AvgIpc) is 3.16. The van der Waals surface area contributed by atoms with E-state index in [2.05, 4.69) is 17.1 Å². The minimum absolute atomic E-state index is 0.0352. The van der Waals surface area contributed by atoms with Gasteiger partial charge in [-0.1, -0.05) is 24.6 Å². The maximum Gasteiger partial charge on any atom is 0.261 e. The summed E-state index contributed by atoms with van der Waals surface area (Å²) in [7, 11) is 1.52. The van der Waals surface area contributed by atoms with Crippen LogP contribution >= 0.6 is 0 Å². The number of nitrogens with zero attached hydrogens (tertiary/aromatic N) is 2. The number of aromatic nitrogens is 2. The largest absolute Gasteiger partial charge is 0.504 e. The first-order chi connectivity index (χ1) is 10.2. The molecule has 21 heavy (non-hydrogen) atoms. The van der Waals surface area contributed by atoms with Gasteiger partial charge in [-0.15, -0.1) is 0 Å². The second kappa shape index (κ2) is 5.76. The highest BCUT2D eigenvalue weighted by atomic mass is 16.5. The van der Waals surface area contributed by atoms with Gasteiger partial charge in [-0.2, -0.15) is 4.98 Å². The molecule has 3 rings (SSSR count). The maximum atomic E-state index is 10.1. The van der Waals surface area contributed by atoms with Gasteiger partial charge >= 0.3 is 0 Å². The lowest BCUT2D eigenvalue weighted by Crippen LogP contribution is -1.97. The topological polar surface area (TPSA) is 68.4 Å². The summed E-state index contributed by atoms with van der Waals surface area (Å²) >= 11 is 0. The Morgan fingerprint density at radius 2 is 2.24 bits per heavy atom. The summed E-state index contributed by atoms with van der Waals surface area (Å²) < 4.78 is 10.4. The van der Waals surface area contributed by atoms with Crippen LogP contribution in [0.15, 0.2) is 22.7 Å². The molecule has 5 heteroatoms. The molecule has 2 atom stereocenters. The molecule has 1 fully saturated rings. The van der Waals surface area contributed by atoms with Crippen LogP contribution in [0.1, 0.15) is 44.3 Å². The summed E-state index contributed by atoms with van der Waals surface area (Å²) in [5, 5.41) is 14.2. The lowest BCUT2D eigenvalue weighted by atomic mass is 10.0. The summed E-state index contributed by atoms with van der Waals surface area (Å²) in [4.78, 5) is 4.47. The molecule has 5 nitrogen and oxygen atoms in total. The summed E-state index contributed by atoms with van der Waals surface area (Å²) in [6.07, 6.45) is 4.68. The molecule has 0 radical (unpaired) electrons. The number of ether oxygens (including phenoxy) is 1. The van der Waals surface area contributed by atoms with E-state index in [0.717, 1.165) is 24.6 Å². The first-order valence-corrected chi connectivity index (χ1v) is 7.42. The van der Waals surface area contributed by atoms with Gasteiger partial charge in [-0.05, 0) is 37.3 Å². The van der Waals surface area contributed by atoms with Gasteiger partial charge in [-0.25, -0.2) is 0 Å². The predicted molar refractivity (Wildman–Crippen MR) is 78.3 cm³/mol. The first-order valence-electron chi connectivity index (χ1n) is 7.42. The Hall–Kier alpha value is -2.04. The van der Waals surface area contributed by atoms with E-state index in [9.17, 15) is 5.11 Å². The van der Waals surface area contributed by atoms with E-state index in [4.69, 9.17) is 9.26 Å². The Morgan fingerprint density at radius 3 is 2.95 bits per heavy atom. The Labute approximate surface area is 123 Å². The SMILES string of the molecule is CCC1CCC(c2noc(-c3cccc(OC)c3O)n2)C1. The molecule has 1 aliphatic rings. The number of hydrogen-bond acceptors (Lipinski definition) is 5. The molecule has 1 aromatic heterocycles. The van der Waals surface area contributed by atoms with Gasteiger partial charge in [0.05, 0.1) is 12.7 Å². The summed E-state index contributed by atoms with van der Waals surface area (Å²) in [6, 6.07) is 5.23. The van der Waals surface area contributed by atoms with E-state index in [1.54, 1.807) is 18.2 Å². The lowest BCUT2D eigenvalue weighted by Gasteiger charge is -2.05. The fraction of sp³-hybridized carbons (Fsp3) is 0.500. The number of benzene rings is 1. The predicted octanol–water partition coefficient (Wildman–Crippen LogP) is 3.74. The molecule has 2 unspecified atom stereocenters. The summed E-state index contributed by atoms with van der Waals surface area (Å²) in [6.45, 7) is 2.23. The first kappa shape index (κ1) is 13.9. The Balaban J connectivity index is 1.85. The second-order valence-electron chi connectivity index (χ2n) is 5.60. The minimum Gasteiger partial charge on any atom is -0.504 e. The number of para-hydroxylation sites is 1. The highest BCUT2D eigenvalue weighted by molar-refractivity contribution is 5.66. The molecule has 1 aromatic carbocycles. The van der Waals surface area contributed by atoms with Crippen molar-refractivity contribution in [1.82, 2.24) is 10.1 Å². The second-order valence-corrected chi connectivity index (χ2v) is 5.60. The quantitative estimate of drug-likeness (QED) is 0.928. The molecule has 1 saturated carbocycles. The number of phenols is 1. The van der Waals surface area contributed by atoms with Crippen molar-refractivity contribution in [3.63, 3.8) is 0 Å². The van der Waals surface area contributed by atoms with Gasteiger partial charge in [-0.3, -0.25) is 0 Å². The van der Waals surface area contributed by atoms with E-state index in [1.165, 1.54) is 20.0 Å². The number of methoxy groups -OCH3 is 1. The van der Waals surface area contributed by atoms with E-state index in [0.29, 0.717) is 23.1 Å². The van der Waals surface area contributed by atoms with E-state index in [-0.39, 0.29) is 5.75 Å². The molecule has 112 valence electrons. The molecule has 1 aliphatic carbocycles. The third-order valence-corrected chi connectivity index (χ3v) is 4.37. The molecular weight excluding hydrogens is 268 g/mol. The Bertz CT molecular complexity index is 624. The fourth-order valence-electron chi connectivity index (χ4n) is 3.05. The molecule has 0 aliphatic heterocycles. The zero-order valence-electron chi connectivity index (χ0n) is 12.4. The van der Waals surface area contributed by atoms with Crippen molar-refractivity contribution in [2.75, 3.05) is 7.11 Å². The van der Waals surface area contributed by atoms with Gasteiger partial charge in [0, 0.05) is 5.92 Å². The molecule has 0 saturated heterocycles. The standard InChI is InChI=1S/C16H20N2O3/c1-3-10-7-8-11(9-10)15-17-16(21-18-15)12-5-4-6-13(20-2)14(12)19/h4-6,10-11,19H,3,7-9H2,1-2H3. The van der Waals surface area contributed by atoms with Crippen LogP contribution in [-0.2, 0) is 0 Å². The highest BCUT2D eigenvalue weighted by Crippen LogP contribution is 2.40. The zero-order chi connectivity index (χ0) is 14.8. The van der Waals surface area contributed by atoms with Crippen molar-refractivity contribution < 1.29 is 14.4 Å². The molecule has 0 amide bonds. The van der Waals surface area contributed by atoms with E-state index < -0.39 is 0 Å². The lowest BCUT2D eigenvalue weighted by molar-refractivity contribution is 0.371. The van der Waals surface area contributed by atoms with Gasteiger partial charge < -0.3 is 14.4 Å². The molecule has 1 heterocycles. The van der Waals surface area contributed by atoms with Crippen LogP contribution in [0.2, 0.25) is 0 Å². The van der Waals surface area contributed by atoms with Crippen LogP contribution in [0.3, 0.4) is 0 Å². The molecular formula is C16H20N2O3. The van der Waals surface area contributed by atoms with Gasteiger partial charge in [0.1, 0.15) is 0 Å². The van der Waals surface area contributed by atoms with Crippen molar-refractivity contribution in [2.45, 2.75) is 38.5 Å². The average molecular weight is 288 g/mol. The van der Waals surface area contributed by atoms with Crippen LogP contribution in [0.25, 0.3) is 11.5 Å². The van der Waals surface area contributed by atoms with Crippen molar-refractivity contribution in [2.24, 2.45) is 5.92 Å². The number of aromatic hydroxyl groups is 1. The Morgan fingerprint density at radius 1 is 1.38 bits per heavy atom. The van der Waals surface area contributed by atoms with Crippen molar-refractivity contribution in [3.05, 3.63) is 24.0 Å². The van der Waals surface area contributed by atoms with Crippen molar-refractivity contribution in [1.29, 1.82) is 0 Å². The third-order valence-electron chi connectivity index (χ3n) is 4.37. The van der Waals surface area contributed by atoms with Crippen LogP contribution in [0, 0.1) is 5.92 Å². The smallest absolute Gasteiger partial charge is 0.261 e. The molecule has 0 spiro atoms. The fourth-order valence-corrected chi connectivity index (χ4v) is 3.05. The molecule has 0 bridgehead atoms. The monoisotopic (exact) mass is 288 g/mol. The van der Waals surface area contributed by atoms with Crippen molar-refractivity contribution >= 4 is 0 Å². The van der Waals surface area contributed by atoms with Crippen LogP contribution in [0.4, 0.5) is 0 Å². The van der Waals surface area contributed by atoms with Gasteiger partial charge in [0.25, 0.3) is 5.89 Å². The summed E-state index contributed by atoms with van der Waals surface area (Å²) in [5.41, 5.74) is 0.512. The number of rotatable bonds is 4. The zero-order valence-corrected chi connectivity index (χ0v) is 12.4. The number of hydrogen-bond donors (Lipinski definition) is 1. The van der Waals surface area contributed by atoms with E-state index >= 15 is 0 Å². The maximum absolute atomic E-state index is 10.1. The van der Waals surface area contributed by atoms with Crippen LogP contribution in [0.5, 0.6) is 11.5 Å². The third kappa shape index (κ3) is 2.60.